The van der Waals surface area contributed by atoms with Crippen LogP contribution in [0.25, 0.3) is 0 Å². The molecule has 15 heavy (non-hydrogen) atoms. The van der Waals surface area contributed by atoms with Crippen LogP contribution in [0.4, 0.5) is 0 Å². The highest BCUT2D eigenvalue weighted by Crippen LogP contribution is 2.27. The lowest BCUT2D eigenvalue weighted by Crippen LogP contribution is -1.98. The van der Waals surface area contributed by atoms with Crippen molar-refractivity contribution in [3.63, 3.8) is 0 Å². The van der Waals surface area contributed by atoms with E-state index in [0.29, 0.717) is 18.1 Å². The van der Waals surface area contributed by atoms with E-state index in [0.717, 1.165) is 12.0 Å². The molecular formula is C11H15NO3. The van der Waals surface area contributed by atoms with Crippen LogP contribution in [0.2, 0.25) is 0 Å². The van der Waals surface area contributed by atoms with E-state index in [9.17, 15) is 0 Å². The summed E-state index contributed by atoms with van der Waals surface area (Å²) in [6.45, 7) is 2.70. The van der Waals surface area contributed by atoms with Gasteiger partial charge in [-0.2, -0.15) is 0 Å². The van der Waals surface area contributed by atoms with Crippen LogP contribution in [0.5, 0.6) is 11.5 Å². The number of ether oxygens (including phenoxy) is 2. The van der Waals surface area contributed by atoms with E-state index >= 15 is 0 Å². The zero-order chi connectivity index (χ0) is 11.1. The van der Waals surface area contributed by atoms with Crippen molar-refractivity contribution in [3.8, 4) is 11.5 Å². The monoisotopic (exact) mass is 209 g/mol. The third-order valence-corrected chi connectivity index (χ3v) is 1.86. The number of nitrogens with zero attached hydrogens (tertiary/aromatic N) is 1. The van der Waals surface area contributed by atoms with Crippen LogP contribution in [-0.4, -0.2) is 25.1 Å². The van der Waals surface area contributed by atoms with Crippen molar-refractivity contribution in [1.29, 1.82) is 0 Å². The van der Waals surface area contributed by atoms with Crippen LogP contribution >= 0.6 is 0 Å². The predicted molar refractivity (Wildman–Crippen MR) is 58.2 cm³/mol. The van der Waals surface area contributed by atoms with E-state index in [1.165, 1.54) is 6.21 Å². The van der Waals surface area contributed by atoms with Crippen molar-refractivity contribution in [2.24, 2.45) is 5.16 Å². The molecule has 0 atom stereocenters. The maximum absolute atomic E-state index is 8.39. The summed E-state index contributed by atoms with van der Waals surface area (Å²) in [4.78, 5) is 0. The molecule has 0 saturated heterocycles. The van der Waals surface area contributed by atoms with Gasteiger partial charge in [0, 0.05) is 5.56 Å². The van der Waals surface area contributed by atoms with Gasteiger partial charge in [0.05, 0.1) is 19.9 Å². The van der Waals surface area contributed by atoms with E-state index in [2.05, 4.69) is 5.16 Å². The van der Waals surface area contributed by atoms with Gasteiger partial charge in [-0.05, 0) is 24.6 Å². The highest BCUT2D eigenvalue weighted by Gasteiger charge is 2.04. The molecule has 0 bridgehead atoms. The van der Waals surface area contributed by atoms with Gasteiger partial charge in [-0.25, -0.2) is 0 Å². The van der Waals surface area contributed by atoms with Gasteiger partial charge in [0.25, 0.3) is 0 Å². The molecule has 1 rings (SSSR count). The number of oxime groups is 1. The minimum atomic E-state index is 0.640. The highest BCUT2D eigenvalue weighted by molar-refractivity contribution is 5.80. The lowest BCUT2D eigenvalue weighted by atomic mass is 10.2. The first-order valence-electron chi connectivity index (χ1n) is 4.80. The zero-order valence-corrected chi connectivity index (χ0v) is 8.93. The molecule has 0 radical (unpaired) electrons. The minimum absolute atomic E-state index is 0.640. The number of benzene rings is 1. The third-order valence-electron chi connectivity index (χ3n) is 1.86. The Morgan fingerprint density at radius 2 is 2.20 bits per heavy atom. The molecule has 4 nitrogen and oxygen atoms in total. The van der Waals surface area contributed by atoms with Crippen LogP contribution in [0.3, 0.4) is 0 Å². The Kier molecular flexibility index (Phi) is 4.47. The number of hydrogen-bond acceptors (Lipinski definition) is 4. The van der Waals surface area contributed by atoms with Crippen molar-refractivity contribution >= 4 is 6.21 Å². The van der Waals surface area contributed by atoms with Gasteiger partial charge in [-0.1, -0.05) is 12.1 Å². The maximum Gasteiger partial charge on any atom is 0.161 e. The largest absolute Gasteiger partial charge is 0.493 e. The normalized spacial score (nSPS) is 10.5. The van der Waals surface area contributed by atoms with Gasteiger partial charge >= 0.3 is 0 Å². The lowest BCUT2D eigenvalue weighted by Gasteiger charge is -2.10. The third kappa shape index (κ3) is 3.16. The summed E-state index contributed by atoms with van der Waals surface area (Å²) >= 11 is 0. The molecule has 0 aliphatic rings. The molecule has 1 N–H and O–H groups in total. The molecule has 0 unspecified atom stereocenters. The molecule has 0 aromatic heterocycles. The maximum atomic E-state index is 8.39. The van der Waals surface area contributed by atoms with Crippen LogP contribution in [0.1, 0.15) is 18.9 Å². The fourth-order valence-corrected chi connectivity index (χ4v) is 1.16. The Hall–Kier alpha value is -1.71. The average molecular weight is 209 g/mol. The standard InChI is InChI=1S/C11H15NO3/c1-3-6-15-10-5-4-9(8-12-13)7-11(10)14-2/h4-5,7-8,13H,3,6H2,1-2H3/b12-8-. The average Bonchev–Trinajstić information content (AvgIpc) is 2.27. The van der Waals surface area contributed by atoms with E-state index in [1.54, 1.807) is 25.3 Å². The topological polar surface area (TPSA) is 51.0 Å². The molecule has 0 heterocycles. The molecule has 1 aromatic carbocycles. The first-order chi connectivity index (χ1) is 7.31. The second-order valence-electron chi connectivity index (χ2n) is 3.00. The number of methoxy groups -OCH3 is 1. The van der Waals surface area contributed by atoms with Crippen molar-refractivity contribution in [2.45, 2.75) is 13.3 Å². The fraction of sp³-hybridized carbons (Fsp3) is 0.364. The lowest BCUT2D eigenvalue weighted by molar-refractivity contribution is 0.294. The van der Waals surface area contributed by atoms with Crippen molar-refractivity contribution in [1.82, 2.24) is 0 Å². The fourth-order valence-electron chi connectivity index (χ4n) is 1.16. The van der Waals surface area contributed by atoms with Crippen molar-refractivity contribution in [3.05, 3.63) is 23.8 Å². The second-order valence-corrected chi connectivity index (χ2v) is 3.00. The van der Waals surface area contributed by atoms with Gasteiger partial charge in [0.1, 0.15) is 0 Å². The smallest absolute Gasteiger partial charge is 0.161 e. The zero-order valence-electron chi connectivity index (χ0n) is 8.93. The van der Waals surface area contributed by atoms with Gasteiger partial charge in [-0.15, -0.1) is 0 Å². The molecule has 0 spiro atoms. The van der Waals surface area contributed by atoms with Crippen molar-refractivity contribution < 1.29 is 14.7 Å². The summed E-state index contributed by atoms with van der Waals surface area (Å²) in [5.41, 5.74) is 0.762. The van der Waals surface area contributed by atoms with Crippen LogP contribution in [0, 0.1) is 0 Å². The predicted octanol–water partition coefficient (Wildman–Crippen LogP) is 2.29. The first-order valence-corrected chi connectivity index (χ1v) is 4.80. The van der Waals surface area contributed by atoms with Crippen LogP contribution in [-0.2, 0) is 0 Å². The SMILES string of the molecule is CCCOc1ccc(/C=N\O)cc1OC. The first kappa shape index (κ1) is 11.4. The van der Waals surface area contributed by atoms with E-state index in [1.807, 2.05) is 6.92 Å². The minimum Gasteiger partial charge on any atom is -0.493 e. The van der Waals surface area contributed by atoms with Gasteiger partial charge in [0.15, 0.2) is 11.5 Å². The molecule has 0 aliphatic carbocycles. The highest BCUT2D eigenvalue weighted by atomic mass is 16.5. The Labute approximate surface area is 89.1 Å². The van der Waals surface area contributed by atoms with Crippen LogP contribution in [0.15, 0.2) is 23.4 Å². The molecular weight excluding hydrogens is 194 g/mol. The second kappa shape index (κ2) is 5.90. The Morgan fingerprint density at radius 3 is 2.80 bits per heavy atom. The summed E-state index contributed by atoms with van der Waals surface area (Å²) in [6.07, 6.45) is 2.29. The van der Waals surface area contributed by atoms with E-state index in [4.69, 9.17) is 14.7 Å². The Bertz CT molecular complexity index is 337. The summed E-state index contributed by atoms with van der Waals surface area (Å²) in [5.74, 6) is 1.34. The summed E-state index contributed by atoms with van der Waals surface area (Å²) in [7, 11) is 1.58. The molecule has 4 heteroatoms. The van der Waals surface area contributed by atoms with Gasteiger partial charge in [0.2, 0.25) is 0 Å². The summed E-state index contributed by atoms with van der Waals surface area (Å²) in [6, 6.07) is 5.35. The molecule has 0 fully saturated rings. The van der Waals surface area contributed by atoms with Crippen molar-refractivity contribution in [2.75, 3.05) is 13.7 Å². The van der Waals surface area contributed by atoms with Gasteiger partial charge in [-0.3, -0.25) is 0 Å². The summed E-state index contributed by atoms with van der Waals surface area (Å²) < 4.78 is 10.6. The number of hydrogen-bond donors (Lipinski definition) is 1. The molecule has 0 aliphatic heterocycles. The quantitative estimate of drug-likeness (QED) is 0.460. The van der Waals surface area contributed by atoms with Crippen LogP contribution < -0.4 is 9.47 Å². The van der Waals surface area contributed by atoms with E-state index < -0.39 is 0 Å². The Balaban J connectivity index is 2.88. The summed E-state index contributed by atoms with van der Waals surface area (Å²) in [5, 5.41) is 11.3. The Morgan fingerprint density at radius 1 is 1.40 bits per heavy atom. The molecule has 0 amide bonds. The molecule has 0 saturated carbocycles. The van der Waals surface area contributed by atoms with Gasteiger partial charge < -0.3 is 14.7 Å². The molecule has 1 aromatic rings. The molecule has 82 valence electrons. The number of rotatable bonds is 5. The van der Waals surface area contributed by atoms with E-state index in [-0.39, 0.29) is 0 Å².